The molecule has 1 aromatic rings. The highest BCUT2D eigenvalue weighted by Gasteiger charge is 2.61. The lowest BCUT2D eigenvalue weighted by molar-refractivity contribution is -0.118. The average molecular weight is 305 g/mol. The minimum atomic E-state index is -0.369. The molecule has 1 heterocycles. The van der Waals surface area contributed by atoms with Crippen molar-refractivity contribution < 1.29 is 14.0 Å². The van der Waals surface area contributed by atoms with Crippen molar-refractivity contribution in [1.29, 1.82) is 0 Å². The molecule has 2 unspecified atom stereocenters. The number of likely N-dealkylation sites (tertiary alicyclic amines) is 1. The maximum atomic E-state index is 13.1. The van der Waals surface area contributed by atoms with Crippen LogP contribution in [0.2, 0.25) is 0 Å². The van der Waals surface area contributed by atoms with Crippen molar-refractivity contribution in [3.05, 3.63) is 30.1 Å². The molecule has 2 aliphatic rings. The Kier molecular flexibility index (Phi) is 3.54. The van der Waals surface area contributed by atoms with Crippen LogP contribution in [0, 0.1) is 17.2 Å². The van der Waals surface area contributed by atoms with Crippen LogP contribution in [0.4, 0.5) is 14.9 Å². The van der Waals surface area contributed by atoms with Crippen molar-refractivity contribution in [1.82, 2.24) is 9.80 Å². The summed E-state index contributed by atoms with van der Waals surface area (Å²) in [6.07, 6.45) is 1.65. The van der Waals surface area contributed by atoms with Crippen LogP contribution in [-0.4, -0.2) is 48.9 Å². The van der Waals surface area contributed by atoms with Gasteiger partial charge in [0.25, 0.3) is 0 Å². The normalized spacial score (nSPS) is 26.1. The highest BCUT2D eigenvalue weighted by molar-refractivity contribution is 5.95. The molecule has 2 atom stereocenters. The Morgan fingerprint density at radius 3 is 2.86 bits per heavy atom. The highest BCUT2D eigenvalue weighted by Crippen LogP contribution is 2.58. The zero-order chi connectivity index (χ0) is 15.9. The third kappa shape index (κ3) is 2.65. The number of amides is 3. The van der Waals surface area contributed by atoms with Crippen molar-refractivity contribution in [2.24, 2.45) is 11.3 Å². The summed E-state index contributed by atoms with van der Waals surface area (Å²) in [5, 5.41) is 2.77. The summed E-state index contributed by atoms with van der Waals surface area (Å²) in [7, 11) is 3.46. The number of hydrogen-bond donors (Lipinski definition) is 1. The molecule has 1 N–H and O–H groups in total. The van der Waals surface area contributed by atoms with Crippen LogP contribution < -0.4 is 5.32 Å². The summed E-state index contributed by atoms with van der Waals surface area (Å²) in [6.45, 7) is 1.33. The summed E-state index contributed by atoms with van der Waals surface area (Å²) >= 11 is 0. The van der Waals surface area contributed by atoms with E-state index in [2.05, 4.69) is 5.32 Å². The monoisotopic (exact) mass is 305 g/mol. The van der Waals surface area contributed by atoms with Gasteiger partial charge in [0.15, 0.2) is 0 Å². The average Bonchev–Trinajstić information content (AvgIpc) is 2.99. The SMILES string of the molecule is CN(C)C(=O)N1CCC2(CC2C(=O)Nc2cccc(F)c2)C1. The van der Waals surface area contributed by atoms with Gasteiger partial charge in [-0.2, -0.15) is 0 Å². The molecule has 3 amide bonds. The number of nitrogens with one attached hydrogen (secondary N) is 1. The molecule has 6 heteroatoms. The number of hydrogen-bond acceptors (Lipinski definition) is 2. The molecule has 3 rings (SSSR count). The number of rotatable bonds is 2. The maximum Gasteiger partial charge on any atom is 0.319 e. The first-order chi connectivity index (χ1) is 10.4. The zero-order valence-corrected chi connectivity index (χ0v) is 12.8. The van der Waals surface area contributed by atoms with Gasteiger partial charge in [0.05, 0.1) is 0 Å². The Morgan fingerprint density at radius 2 is 2.18 bits per heavy atom. The number of anilines is 1. The predicted octanol–water partition coefficient (Wildman–Crippen LogP) is 2.16. The zero-order valence-electron chi connectivity index (χ0n) is 12.8. The predicted molar refractivity (Wildman–Crippen MR) is 80.8 cm³/mol. The van der Waals surface area contributed by atoms with E-state index < -0.39 is 0 Å². The molecule has 1 aliphatic heterocycles. The number of urea groups is 1. The van der Waals surface area contributed by atoms with Gasteiger partial charge in [0, 0.05) is 44.2 Å². The first-order valence-corrected chi connectivity index (χ1v) is 7.44. The smallest absolute Gasteiger partial charge is 0.319 e. The molecule has 0 aromatic heterocycles. The Morgan fingerprint density at radius 1 is 1.41 bits per heavy atom. The quantitative estimate of drug-likeness (QED) is 0.910. The van der Waals surface area contributed by atoms with E-state index in [1.807, 2.05) is 0 Å². The Labute approximate surface area is 129 Å². The lowest BCUT2D eigenvalue weighted by atomic mass is 10.0. The van der Waals surface area contributed by atoms with Crippen molar-refractivity contribution >= 4 is 17.6 Å². The minimum Gasteiger partial charge on any atom is -0.331 e. The fourth-order valence-electron chi connectivity index (χ4n) is 3.31. The van der Waals surface area contributed by atoms with Crippen molar-refractivity contribution in [3.63, 3.8) is 0 Å². The lowest BCUT2D eigenvalue weighted by Gasteiger charge is -2.21. The standard InChI is InChI=1S/C16H20FN3O2/c1-19(2)15(22)20-7-6-16(10-20)9-13(16)14(21)18-12-5-3-4-11(17)8-12/h3-5,8,13H,6-7,9-10H2,1-2H3,(H,18,21). The largest absolute Gasteiger partial charge is 0.331 e. The first kappa shape index (κ1) is 14.8. The molecule has 0 bridgehead atoms. The van der Waals surface area contributed by atoms with E-state index in [9.17, 15) is 14.0 Å². The fraction of sp³-hybridized carbons (Fsp3) is 0.500. The number of benzene rings is 1. The molecule has 2 fully saturated rings. The van der Waals surface area contributed by atoms with Gasteiger partial charge < -0.3 is 15.1 Å². The van der Waals surface area contributed by atoms with Gasteiger partial charge in [-0.1, -0.05) is 6.07 Å². The van der Waals surface area contributed by atoms with Crippen LogP contribution >= 0.6 is 0 Å². The molecule has 1 aliphatic carbocycles. The van der Waals surface area contributed by atoms with Gasteiger partial charge in [0.2, 0.25) is 5.91 Å². The van der Waals surface area contributed by atoms with Crippen molar-refractivity contribution in [2.45, 2.75) is 12.8 Å². The van der Waals surface area contributed by atoms with Crippen LogP contribution in [0.5, 0.6) is 0 Å². The number of halogens is 1. The van der Waals surface area contributed by atoms with Crippen LogP contribution in [0.25, 0.3) is 0 Å². The first-order valence-electron chi connectivity index (χ1n) is 7.44. The van der Waals surface area contributed by atoms with Gasteiger partial charge in [-0.05, 0) is 31.0 Å². The van der Waals surface area contributed by atoms with Gasteiger partial charge >= 0.3 is 6.03 Å². The molecular formula is C16H20FN3O2. The van der Waals surface area contributed by atoms with Crippen molar-refractivity contribution in [3.8, 4) is 0 Å². The van der Waals surface area contributed by atoms with Crippen molar-refractivity contribution in [2.75, 3.05) is 32.5 Å². The lowest BCUT2D eigenvalue weighted by Crippen LogP contribution is -2.38. The van der Waals surface area contributed by atoms with E-state index in [0.717, 1.165) is 12.8 Å². The summed E-state index contributed by atoms with van der Waals surface area (Å²) in [5.74, 6) is -0.535. The second-order valence-corrected chi connectivity index (χ2v) is 6.47. The molecule has 1 saturated carbocycles. The summed E-state index contributed by atoms with van der Waals surface area (Å²) < 4.78 is 13.1. The summed E-state index contributed by atoms with van der Waals surface area (Å²) in [4.78, 5) is 27.6. The number of carbonyl (C=O) groups is 2. The summed E-state index contributed by atoms with van der Waals surface area (Å²) in [5.41, 5.74) is 0.398. The van der Waals surface area contributed by atoms with Gasteiger partial charge in [-0.25, -0.2) is 9.18 Å². The minimum absolute atomic E-state index is 0.00642. The molecule has 5 nitrogen and oxygen atoms in total. The second-order valence-electron chi connectivity index (χ2n) is 6.47. The maximum absolute atomic E-state index is 13.1. The van der Waals surface area contributed by atoms with E-state index in [4.69, 9.17) is 0 Å². The molecule has 1 spiro atoms. The molecule has 1 saturated heterocycles. The summed E-state index contributed by atoms with van der Waals surface area (Å²) in [6, 6.07) is 5.89. The van der Waals surface area contributed by atoms with Gasteiger partial charge in [0.1, 0.15) is 5.82 Å². The topological polar surface area (TPSA) is 52.7 Å². The molecule has 1 aromatic carbocycles. The third-order valence-corrected chi connectivity index (χ3v) is 4.64. The van der Waals surface area contributed by atoms with Gasteiger partial charge in [-0.3, -0.25) is 4.79 Å². The van der Waals surface area contributed by atoms with Crippen LogP contribution in [0.1, 0.15) is 12.8 Å². The molecule has 22 heavy (non-hydrogen) atoms. The Bertz CT molecular complexity index is 619. The second kappa shape index (κ2) is 5.26. The molecule has 118 valence electrons. The van der Waals surface area contributed by atoms with E-state index >= 15 is 0 Å². The van der Waals surface area contributed by atoms with Crippen LogP contribution in [0.15, 0.2) is 24.3 Å². The van der Waals surface area contributed by atoms with Crippen LogP contribution in [-0.2, 0) is 4.79 Å². The number of carbonyl (C=O) groups excluding carboxylic acids is 2. The Balaban J connectivity index is 1.60. The highest BCUT2D eigenvalue weighted by atomic mass is 19.1. The van der Waals surface area contributed by atoms with Gasteiger partial charge in [-0.15, -0.1) is 0 Å². The van der Waals surface area contributed by atoms with E-state index in [-0.39, 0.29) is 29.1 Å². The number of nitrogens with zero attached hydrogens (tertiary/aromatic N) is 2. The van der Waals surface area contributed by atoms with E-state index in [1.165, 1.54) is 12.1 Å². The molecule has 0 radical (unpaired) electrons. The third-order valence-electron chi connectivity index (χ3n) is 4.64. The Hall–Kier alpha value is -2.11. The van der Waals surface area contributed by atoms with E-state index in [0.29, 0.717) is 18.8 Å². The van der Waals surface area contributed by atoms with Crippen LogP contribution in [0.3, 0.4) is 0 Å². The fourth-order valence-corrected chi connectivity index (χ4v) is 3.31. The molecular weight excluding hydrogens is 285 g/mol. The van der Waals surface area contributed by atoms with E-state index in [1.54, 1.807) is 36.0 Å².